The summed E-state index contributed by atoms with van der Waals surface area (Å²) in [7, 11) is -3.44. The van der Waals surface area contributed by atoms with Crippen LogP contribution in [-0.2, 0) is 21.2 Å². The van der Waals surface area contributed by atoms with Crippen LogP contribution in [0.1, 0.15) is 15.9 Å². The van der Waals surface area contributed by atoms with E-state index >= 15 is 0 Å². The van der Waals surface area contributed by atoms with Gasteiger partial charge < -0.3 is 4.74 Å². The Morgan fingerprint density at radius 2 is 1.77 bits per heavy atom. The fourth-order valence-electron chi connectivity index (χ4n) is 1.73. The van der Waals surface area contributed by atoms with Crippen molar-refractivity contribution < 1.29 is 17.9 Å². The first kappa shape index (κ1) is 16.8. The number of rotatable bonds is 4. The molecular weight excluding hydrogens is 347 g/mol. The molecule has 0 saturated heterocycles. The number of hydrogen-bond acceptors (Lipinski definition) is 4. The molecule has 0 heterocycles. The molecule has 2 rings (SSSR count). The Morgan fingerprint density at radius 3 is 2.41 bits per heavy atom. The largest absolute Gasteiger partial charge is 0.457 e. The minimum atomic E-state index is -3.44. The van der Waals surface area contributed by atoms with Crippen LogP contribution in [0.2, 0.25) is 10.0 Å². The fraction of sp³-hybridized carbons (Fsp3) is 0.133. The molecule has 0 aliphatic carbocycles. The summed E-state index contributed by atoms with van der Waals surface area (Å²) in [6.45, 7) is -0.0298. The number of esters is 1. The molecular formula is C15H12Cl2O4S. The second-order valence-corrected chi connectivity index (χ2v) is 7.41. The van der Waals surface area contributed by atoms with E-state index in [0.29, 0.717) is 10.6 Å². The highest BCUT2D eigenvalue weighted by Crippen LogP contribution is 2.22. The molecule has 0 radical (unpaired) electrons. The zero-order chi connectivity index (χ0) is 16.3. The van der Waals surface area contributed by atoms with E-state index in [-0.39, 0.29) is 22.1 Å². The normalized spacial score (nSPS) is 11.2. The maximum atomic E-state index is 12.1. The molecule has 4 nitrogen and oxygen atoms in total. The third-order valence-corrected chi connectivity index (χ3v) is 4.71. The van der Waals surface area contributed by atoms with Gasteiger partial charge in [0.05, 0.1) is 15.5 Å². The molecule has 7 heteroatoms. The summed E-state index contributed by atoms with van der Waals surface area (Å²) in [4.78, 5) is 12.1. The molecule has 0 N–H and O–H groups in total. The molecule has 0 bridgehead atoms. The third kappa shape index (κ3) is 4.00. The molecule has 22 heavy (non-hydrogen) atoms. The van der Waals surface area contributed by atoms with Gasteiger partial charge in [0, 0.05) is 16.8 Å². The Morgan fingerprint density at radius 1 is 1.09 bits per heavy atom. The van der Waals surface area contributed by atoms with E-state index in [1.807, 2.05) is 0 Å². The van der Waals surface area contributed by atoms with Crippen molar-refractivity contribution in [3.05, 3.63) is 63.6 Å². The highest BCUT2D eigenvalue weighted by molar-refractivity contribution is 7.90. The predicted octanol–water partition coefficient (Wildman–Crippen LogP) is 3.75. The standard InChI is InChI=1S/C15H12Cl2O4S/c1-22(19,20)11-6-7-14(17)12(8-11)15(18)21-9-10-4-2-3-5-13(10)16/h2-8H,9H2,1H3. The number of benzene rings is 2. The minimum Gasteiger partial charge on any atom is -0.457 e. The van der Waals surface area contributed by atoms with E-state index in [1.54, 1.807) is 24.3 Å². The summed E-state index contributed by atoms with van der Waals surface area (Å²) < 4.78 is 28.2. The van der Waals surface area contributed by atoms with Gasteiger partial charge in [0.25, 0.3) is 0 Å². The van der Waals surface area contributed by atoms with Crippen LogP contribution in [0.15, 0.2) is 47.4 Å². The van der Waals surface area contributed by atoms with E-state index in [0.717, 1.165) is 6.26 Å². The van der Waals surface area contributed by atoms with Crippen molar-refractivity contribution in [3.8, 4) is 0 Å². The number of carbonyl (C=O) groups excluding carboxylic acids is 1. The van der Waals surface area contributed by atoms with Gasteiger partial charge in [-0.3, -0.25) is 0 Å². The lowest BCUT2D eigenvalue weighted by atomic mass is 10.2. The van der Waals surface area contributed by atoms with E-state index in [1.165, 1.54) is 18.2 Å². The Kier molecular flexibility index (Phi) is 5.11. The molecule has 0 atom stereocenters. The van der Waals surface area contributed by atoms with E-state index < -0.39 is 15.8 Å². The van der Waals surface area contributed by atoms with Crippen molar-refractivity contribution in [2.75, 3.05) is 6.26 Å². The van der Waals surface area contributed by atoms with Crippen molar-refractivity contribution in [2.24, 2.45) is 0 Å². The first-order valence-electron chi connectivity index (χ1n) is 6.19. The van der Waals surface area contributed by atoms with Gasteiger partial charge in [-0.25, -0.2) is 13.2 Å². The zero-order valence-corrected chi connectivity index (χ0v) is 13.9. The zero-order valence-electron chi connectivity index (χ0n) is 11.5. The average molecular weight is 359 g/mol. The number of ether oxygens (including phenoxy) is 1. The lowest BCUT2D eigenvalue weighted by Crippen LogP contribution is -2.08. The monoisotopic (exact) mass is 358 g/mol. The number of hydrogen-bond donors (Lipinski definition) is 0. The lowest BCUT2D eigenvalue weighted by molar-refractivity contribution is 0.0473. The van der Waals surface area contributed by atoms with Crippen LogP contribution in [0.5, 0.6) is 0 Å². The molecule has 2 aromatic carbocycles. The second-order valence-electron chi connectivity index (χ2n) is 4.58. The van der Waals surface area contributed by atoms with Gasteiger partial charge in [-0.15, -0.1) is 0 Å². The molecule has 0 saturated carbocycles. The van der Waals surface area contributed by atoms with Gasteiger partial charge in [0.15, 0.2) is 9.84 Å². The Labute approximate surface area is 138 Å². The van der Waals surface area contributed by atoms with Gasteiger partial charge in [-0.2, -0.15) is 0 Å². The maximum absolute atomic E-state index is 12.1. The van der Waals surface area contributed by atoms with Gasteiger partial charge >= 0.3 is 5.97 Å². The van der Waals surface area contributed by atoms with Gasteiger partial charge in [-0.05, 0) is 24.3 Å². The van der Waals surface area contributed by atoms with E-state index in [9.17, 15) is 13.2 Å². The quantitative estimate of drug-likeness (QED) is 0.780. The van der Waals surface area contributed by atoms with Crippen molar-refractivity contribution in [1.82, 2.24) is 0 Å². The predicted molar refractivity (Wildman–Crippen MR) is 85.1 cm³/mol. The molecule has 0 amide bonds. The smallest absolute Gasteiger partial charge is 0.340 e. The first-order valence-corrected chi connectivity index (χ1v) is 8.84. The van der Waals surface area contributed by atoms with Crippen molar-refractivity contribution in [3.63, 3.8) is 0 Å². The molecule has 116 valence electrons. The summed E-state index contributed by atoms with van der Waals surface area (Å²) in [5.41, 5.74) is 0.643. The van der Waals surface area contributed by atoms with Gasteiger partial charge in [0.2, 0.25) is 0 Å². The number of carbonyl (C=O) groups is 1. The average Bonchev–Trinajstić information content (AvgIpc) is 2.45. The van der Waals surface area contributed by atoms with Gasteiger partial charge in [0.1, 0.15) is 6.61 Å². The molecule has 0 aliphatic heterocycles. The SMILES string of the molecule is CS(=O)(=O)c1ccc(Cl)c(C(=O)OCc2ccccc2Cl)c1. The third-order valence-electron chi connectivity index (χ3n) is 2.90. The summed E-state index contributed by atoms with van der Waals surface area (Å²) in [5.74, 6) is -0.713. The fourth-order valence-corrected chi connectivity index (χ4v) is 2.76. The number of sulfone groups is 1. The highest BCUT2D eigenvalue weighted by Gasteiger charge is 2.17. The molecule has 0 aliphatic rings. The summed E-state index contributed by atoms with van der Waals surface area (Å²) in [6.07, 6.45) is 1.05. The Hall–Kier alpha value is -1.56. The summed E-state index contributed by atoms with van der Waals surface area (Å²) in [5, 5.41) is 0.600. The first-order chi connectivity index (χ1) is 10.3. The van der Waals surface area contributed by atoms with Crippen LogP contribution in [-0.4, -0.2) is 20.6 Å². The Bertz CT molecular complexity index is 816. The minimum absolute atomic E-state index is 0.00148. The second kappa shape index (κ2) is 6.69. The Balaban J connectivity index is 2.21. The maximum Gasteiger partial charge on any atom is 0.340 e. The number of halogens is 2. The summed E-state index contributed by atoms with van der Waals surface area (Å²) >= 11 is 11.9. The molecule has 0 spiro atoms. The van der Waals surface area contributed by atoms with Crippen LogP contribution < -0.4 is 0 Å². The summed E-state index contributed by atoms with van der Waals surface area (Å²) in [6, 6.07) is 10.8. The molecule has 0 aromatic heterocycles. The van der Waals surface area contributed by atoms with E-state index in [4.69, 9.17) is 27.9 Å². The van der Waals surface area contributed by atoms with E-state index in [2.05, 4.69) is 0 Å². The van der Waals surface area contributed by atoms with Crippen molar-refractivity contribution in [2.45, 2.75) is 11.5 Å². The van der Waals surface area contributed by atoms with Crippen LogP contribution in [0.25, 0.3) is 0 Å². The van der Waals surface area contributed by atoms with Crippen LogP contribution >= 0.6 is 23.2 Å². The van der Waals surface area contributed by atoms with Gasteiger partial charge in [-0.1, -0.05) is 41.4 Å². The molecule has 0 unspecified atom stereocenters. The topological polar surface area (TPSA) is 60.4 Å². The molecule has 2 aromatic rings. The highest BCUT2D eigenvalue weighted by atomic mass is 35.5. The van der Waals surface area contributed by atoms with Crippen molar-refractivity contribution in [1.29, 1.82) is 0 Å². The van der Waals surface area contributed by atoms with Crippen LogP contribution in [0.4, 0.5) is 0 Å². The van der Waals surface area contributed by atoms with Crippen LogP contribution in [0, 0.1) is 0 Å². The van der Waals surface area contributed by atoms with Crippen LogP contribution in [0.3, 0.4) is 0 Å². The lowest BCUT2D eigenvalue weighted by Gasteiger charge is -2.08. The van der Waals surface area contributed by atoms with Crippen molar-refractivity contribution >= 4 is 39.0 Å². The molecule has 0 fully saturated rings.